The van der Waals surface area contributed by atoms with Crippen molar-refractivity contribution in [1.82, 2.24) is 0 Å². The predicted octanol–water partition coefficient (Wildman–Crippen LogP) is 1.84. The molecule has 16 heavy (non-hydrogen) atoms. The van der Waals surface area contributed by atoms with E-state index in [1.54, 1.807) is 7.11 Å². The Bertz CT molecular complexity index is 303. The van der Waals surface area contributed by atoms with Gasteiger partial charge in [-0.1, -0.05) is 0 Å². The van der Waals surface area contributed by atoms with Gasteiger partial charge in [-0.15, -0.1) is 0 Å². The molecule has 4 heteroatoms. The summed E-state index contributed by atoms with van der Waals surface area (Å²) in [6.07, 6.45) is 0.657. The predicted molar refractivity (Wildman–Crippen MR) is 58.8 cm³/mol. The molecule has 0 amide bonds. The average Bonchev–Trinajstić information content (AvgIpc) is 2.83. The van der Waals surface area contributed by atoms with Crippen molar-refractivity contribution in [3.8, 4) is 11.5 Å². The third-order valence-electron chi connectivity index (χ3n) is 2.37. The summed E-state index contributed by atoms with van der Waals surface area (Å²) in [5.74, 6) is 1.66. The summed E-state index contributed by atoms with van der Waals surface area (Å²) >= 11 is 0. The Balaban J connectivity index is 1.71. The van der Waals surface area contributed by atoms with Gasteiger partial charge in [-0.2, -0.15) is 0 Å². The lowest BCUT2D eigenvalue weighted by Crippen LogP contribution is -2.12. The van der Waals surface area contributed by atoms with Crippen LogP contribution in [-0.2, 0) is 9.47 Å². The summed E-state index contributed by atoms with van der Waals surface area (Å²) in [5, 5.41) is 0. The van der Waals surface area contributed by atoms with Crippen molar-refractivity contribution in [2.75, 3.05) is 26.9 Å². The fourth-order valence-corrected chi connectivity index (χ4v) is 1.52. The van der Waals surface area contributed by atoms with E-state index in [9.17, 15) is 0 Å². The second-order valence-electron chi connectivity index (χ2n) is 3.48. The Morgan fingerprint density at radius 3 is 2.38 bits per heavy atom. The van der Waals surface area contributed by atoms with Crippen LogP contribution in [0.15, 0.2) is 24.3 Å². The Kier molecular flexibility index (Phi) is 4.02. The quantitative estimate of drug-likeness (QED) is 0.764. The monoisotopic (exact) mass is 224 g/mol. The van der Waals surface area contributed by atoms with Gasteiger partial charge >= 0.3 is 0 Å². The van der Waals surface area contributed by atoms with Gasteiger partial charge in [0.25, 0.3) is 0 Å². The van der Waals surface area contributed by atoms with Crippen molar-refractivity contribution in [3.63, 3.8) is 0 Å². The van der Waals surface area contributed by atoms with Gasteiger partial charge in [-0.05, 0) is 24.3 Å². The van der Waals surface area contributed by atoms with Crippen LogP contribution in [0.1, 0.15) is 6.42 Å². The zero-order valence-electron chi connectivity index (χ0n) is 9.35. The molecule has 1 aliphatic heterocycles. The molecule has 0 aromatic heterocycles. The first-order chi connectivity index (χ1) is 7.88. The lowest BCUT2D eigenvalue weighted by Gasteiger charge is -2.10. The van der Waals surface area contributed by atoms with E-state index in [-0.39, 0.29) is 6.29 Å². The normalized spacial score (nSPS) is 16.3. The maximum atomic E-state index is 5.55. The summed E-state index contributed by atoms with van der Waals surface area (Å²) in [7, 11) is 1.64. The molecule has 0 atom stereocenters. The molecule has 2 rings (SSSR count). The molecule has 1 fully saturated rings. The van der Waals surface area contributed by atoms with Crippen LogP contribution in [-0.4, -0.2) is 33.2 Å². The van der Waals surface area contributed by atoms with E-state index < -0.39 is 0 Å². The van der Waals surface area contributed by atoms with E-state index in [2.05, 4.69) is 0 Å². The molecule has 0 N–H and O–H groups in total. The van der Waals surface area contributed by atoms with E-state index in [0.29, 0.717) is 19.8 Å². The molecule has 0 saturated carbocycles. The van der Waals surface area contributed by atoms with E-state index >= 15 is 0 Å². The van der Waals surface area contributed by atoms with Crippen LogP contribution < -0.4 is 9.47 Å². The second kappa shape index (κ2) is 5.72. The first-order valence-electron chi connectivity index (χ1n) is 5.38. The van der Waals surface area contributed by atoms with Gasteiger partial charge in [0.1, 0.15) is 11.5 Å². The van der Waals surface area contributed by atoms with Crippen molar-refractivity contribution in [2.45, 2.75) is 12.7 Å². The summed E-state index contributed by atoms with van der Waals surface area (Å²) < 4.78 is 21.2. The zero-order valence-corrected chi connectivity index (χ0v) is 9.35. The molecule has 0 bridgehead atoms. The molecule has 0 aliphatic carbocycles. The molecule has 1 saturated heterocycles. The topological polar surface area (TPSA) is 36.9 Å². The standard InChI is InChI=1S/C12H16O4/c1-13-10-2-4-11(5-3-10)14-7-6-12-15-8-9-16-12/h2-5,12H,6-9H2,1H3. The van der Waals surface area contributed by atoms with Crippen molar-refractivity contribution in [3.05, 3.63) is 24.3 Å². The highest BCUT2D eigenvalue weighted by Gasteiger charge is 2.15. The number of methoxy groups -OCH3 is 1. The highest BCUT2D eigenvalue weighted by Crippen LogP contribution is 2.17. The van der Waals surface area contributed by atoms with E-state index in [0.717, 1.165) is 17.9 Å². The van der Waals surface area contributed by atoms with Crippen molar-refractivity contribution >= 4 is 0 Å². The molecular formula is C12H16O4. The van der Waals surface area contributed by atoms with E-state index in [4.69, 9.17) is 18.9 Å². The highest BCUT2D eigenvalue weighted by molar-refractivity contribution is 5.31. The SMILES string of the molecule is COc1ccc(OCCC2OCCO2)cc1. The molecule has 0 radical (unpaired) electrons. The Labute approximate surface area is 95.1 Å². The largest absolute Gasteiger partial charge is 0.497 e. The van der Waals surface area contributed by atoms with Gasteiger partial charge in [0, 0.05) is 6.42 Å². The molecule has 1 heterocycles. The van der Waals surface area contributed by atoms with Gasteiger partial charge in [-0.3, -0.25) is 0 Å². The van der Waals surface area contributed by atoms with Crippen LogP contribution in [0.3, 0.4) is 0 Å². The zero-order chi connectivity index (χ0) is 11.2. The van der Waals surface area contributed by atoms with Crippen molar-refractivity contribution in [1.29, 1.82) is 0 Å². The van der Waals surface area contributed by atoms with Crippen LogP contribution in [0, 0.1) is 0 Å². The maximum absolute atomic E-state index is 5.55. The van der Waals surface area contributed by atoms with E-state index in [1.165, 1.54) is 0 Å². The van der Waals surface area contributed by atoms with Crippen LogP contribution in [0.5, 0.6) is 11.5 Å². The Hall–Kier alpha value is -1.26. The molecular weight excluding hydrogens is 208 g/mol. The lowest BCUT2D eigenvalue weighted by atomic mass is 10.3. The third-order valence-corrected chi connectivity index (χ3v) is 2.37. The summed E-state index contributed by atoms with van der Waals surface area (Å²) in [4.78, 5) is 0. The summed E-state index contributed by atoms with van der Waals surface area (Å²) in [5.41, 5.74) is 0. The molecule has 0 unspecified atom stereocenters. The fourth-order valence-electron chi connectivity index (χ4n) is 1.52. The second-order valence-corrected chi connectivity index (χ2v) is 3.48. The fraction of sp³-hybridized carbons (Fsp3) is 0.500. The Morgan fingerprint density at radius 1 is 1.12 bits per heavy atom. The molecule has 88 valence electrons. The van der Waals surface area contributed by atoms with E-state index in [1.807, 2.05) is 24.3 Å². The molecule has 1 aromatic rings. The van der Waals surface area contributed by atoms with Gasteiger partial charge in [-0.25, -0.2) is 0 Å². The Morgan fingerprint density at radius 2 is 1.75 bits per heavy atom. The maximum Gasteiger partial charge on any atom is 0.161 e. The van der Waals surface area contributed by atoms with Gasteiger partial charge in [0.2, 0.25) is 0 Å². The highest BCUT2D eigenvalue weighted by atomic mass is 16.7. The number of rotatable bonds is 5. The number of hydrogen-bond acceptors (Lipinski definition) is 4. The van der Waals surface area contributed by atoms with Crippen LogP contribution >= 0.6 is 0 Å². The molecule has 4 nitrogen and oxygen atoms in total. The first-order valence-corrected chi connectivity index (χ1v) is 5.38. The molecule has 0 spiro atoms. The minimum Gasteiger partial charge on any atom is -0.497 e. The van der Waals surface area contributed by atoms with Crippen molar-refractivity contribution in [2.24, 2.45) is 0 Å². The first kappa shape index (κ1) is 11.2. The minimum atomic E-state index is -0.0988. The van der Waals surface area contributed by atoms with Gasteiger partial charge in [0.15, 0.2) is 6.29 Å². The number of benzene rings is 1. The molecule has 1 aromatic carbocycles. The van der Waals surface area contributed by atoms with Gasteiger partial charge < -0.3 is 18.9 Å². The lowest BCUT2D eigenvalue weighted by molar-refractivity contribution is -0.0531. The van der Waals surface area contributed by atoms with Crippen molar-refractivity contribution < 1.29 is 18.9 Å². The molecule has 1 aliphatic rings. The van der Waals surface area contributed by atoms with Crippen LogP contribution in [0.25, 0.3) is 0 Å². The summed E-state index contributed by atoms with van der Waals surface area (Å²) in [6, 6.07) is 7.51. The smallest absolute Gasteiger partial charge is 0.161 e. The average molecular weight is 224 g/mol. The van der Waals surface area contributed by atoms with Crippen LogP contribution in [0.4, 0.5) is 0 Å². The van der Waals surface area contributed by atoms with Gasteiger partial charge in [0.05, 0.1) is 26.9 Å². The number of hydrogen-bond donors (Lipinski definition) is 0. The number of ether oxygens (including phenoxy) is 4. The summed E-state index contributed by atoms with van der Waals surface area (Å²) in [6.45, 7) is 1.97. The minimum absolute atomic E-state index is 0.0988. The van der Waals surface area contributed by atoms with Crippen LogP contribution in [0.2, 0.25) is 0 Å². The third kappa shape index (κ3) is 3.12.